The summed E-state index contributed by atoms with van der Waals surface area (Å²) in [6, 6.07) is 0.0872. The molecule has 3 unspecified atom stereocenters. The van der Waals surface area contributed by atoms with E-state index in [0.717, 1.165) is 41.2 Å². The molecule has 0 radical (unpaired) electrons. The van der Waals surface area contributed by atoms with E-state index in [0.29, 0.717) is 10.9 Å². The molecule has 8 nitrogen and oxygen atoms in total. The van der Waals surface area contributed by atoms with Gasteiger partial charge in [0.1, 0.15) is 0 Å². The fourth-order valence-corrected chi connectivity index (χ4v) is 5.33. The van der Waals surface area contributed by atoms with Crippen molar-refractivity contribution < 1.29 is 9.53 Å². The predicted octanol–water partition coefficient (Wildman–Crippen LogP) is 0.175. The molecule has 0 bridgehead atoms. The summed E-state index contributed by atoms with van der Waals surface area (Å²) in [7, 11) is 5.82. The number of halogens is 1. The molecule has 0 spiro atoms. The quantitative estimate of drug-likeness (QED) is 0.416. The Morgan fingerprint density at radius 2 is 2.27 bits per heavy atom. The number of ether oxygens (including phenoxy) is 1. The van der Waals surface area contributed by atoms with Crippen molar-refractivity contribution in [3.05, 3.63) is 35.8 Å². The van der Waals surface area contributed by atoms with Crippen LogP contribution >= 0.6 is 11.6 Å². The van der Waals surface area contributed by atoms with Crippen molar-refractivity contribution in [2.75, 3.05) is 20.6 Å². The van der Waals surface area contributed by atoms with E-state index in [1.54, 1.807) is 17.0 Å². The Morgan fingerprint density at radius 3 is 3.00 bits per heavy atom. The van der Waals surface area contributed by atoms with Gasteiger partial charge in [-0.05, 0) is 14.1 Å². The van der Waals surface area contributed by atoms with E-state index in [1.807, 2.05) is 44.5 Å². The van der Waals surface area contributed by atoms with E-state index in [4.69, 9.17) is 16.3 Å². The Balaban J connectivity index is 1.57. The second-order valence-electron chi connectivity index (χ2n) is 7.65. The monoisotopic (exact) mass is 494 g/mol. The minimum atomic E-state index is -0.701. The summed E-state index contributed by atoms with van der Waals surface area (Å²) in [5.74, 6) is 0.365. The average Bonchev–Trinajstić information content (AvgIpc) is 3.09. The van der Waals surface area contributed by atoms with E-state index < -0.39 is 15.8 Å². The molecule has 1 N–H and O–H groups in total. The van der Waals surface area contributed by atoms with Crippen LogP contribution in [-0.4, -0.2) is 79.1 Å². The normalized spacial score (nSPS) is 19.8. The molecule has 2 aromatic rings. The first-order valence-corrected chi connectivity index (χ1v) is 12.4. The number of aryl methyl sites for hydroxylation is 1. The molecule has 2 aromatic heterocycles. The van der Waals surface area contributed by atoms with E-state index in [9.17, 15) is 4.79 Å². The maximum atomic E-state index is 12.1. The molecule has 3 atom stereocenters. The van der Waals surface area contributed by atoms with Crippen molar-refractivity contribution in [3.63, 3.8) is 0 Å². The van der Waals surface area contributed by atoms with Gasteiger partial charge in [-0.1, -0.05) is 0 Å². The number of carbonyl (C=O) groups excluding carboxylic acids is 1. The third-order valence-electron chi connectivity index (χ3n) is 4.66. The molecule has 1 fully saturated rings. The van der Waals surface area contributed by atoms with Gasteiger partial charge in [0.25, 0.3) is 0 Å². The van der Waals surface area contributed by atoms with Gasteiger partial charge in [0.15, 0.2) is 0 Å². The Bertz CT molecular complexity index is 888. The van der Waals surface area contributed by atoms with Gasteiger partial charge in [-0.2, -0.15) is 0 Å². The SMILES string of the molecule is CN(C)C/C=C/C(=O)NC1CCCC(Oc2nc([AsH]c3cnn(C)c3)ncc2Cl)C1. The van der Waals surface area contributed by atoms with E-state index in [-0.39, 0.29) is 18.1 Å². The second-order valence-corrected chi connectivity index (χ2v) is 10.7. The minimum absolute atomic E-state index is 0.0338. The number of carbonyl (C=O) groups is 1. The zero-order chi connectivity index (χ0) is 21.5. The summed E-state index contributed by atoms with van der Waals surface area (Å²) >= 11 is 5.59. The molecule has 1 aliphatic rings. The number of hydrogen-bond acceptors (Lipinski definition) is 6. The predicted molar refractivity (Wildman–Crippen MR) is 119 cm³/mol. The zero-order valence-electron chi connectivity index (χ0n) is 17.5. The fourth-order valence-electron chi connectivity index (χ4n) is 3.27. The van der Waals surface area contributed by atoms with Gasteiger partial charge in [-0.3, -0.25) is 0 Å². The second kappa shape index (κ2) is 10.9. The molecule has 10 heteroatoms. The van der Waals surface area contributed by atoms with Crippen LogP contribution in [0.4, 0.5) is 0 Å². The summed E-state index contributed by atoms with van der Waals surface area (Å²) < 4.78 is 9.82. The molecule has 3 rings (SSSR count). The average molecular weight is 495 g/mol. The number of nitrogens with one attached hydrogen (secondary N) is 1. The van der Waals surface area contributed by atoms with Crippen molar-refractivity contribution in [2.24, 2.45) is 7.05 Å². The van der Waals surface area contributed by atoms with Gasteiger partial charge in [0, 0.05) is 0 Å². The van der Waals surface area contributed by atoms with Crippen LogP contribution in [-0.2, 0) is 11.8 Å². The first kappa shape index (κ1) is 22.8. The van der Waals surface area contributed by atoms with Crippen LogP contribution in [0.2, 0.25) is 5.02 Å². The third-order valence-corrected chi connectivity index (χ3v) is 7.04. The summed E-state index contributed by atoms with van der Waals surface area (Å²) in [6.45, 7) is 0.737. The number of nitrogens with zero attached hydrogens (tertiary/aromatic N) is 5. The molecule has 0 aliphatic heterocycles. The maximum absolute atomic E-state index is 12.1. The van der Waals surface area contributed by atoms with Crippen LogP contribution < -0.4 is 19.0 Å². The number of rotatable bonds is 8. The number of aromatic nitrogens is 4. The third kappa shape index (κ3) is 7.11. The zero-order valence-corrected chi connectivity index (χ0v) is 20.4. The molecular formula is C20H28AsClN6O2. The molecule has 162 valence electrons. The molecule has 1 saturated carbocycles. The van der Waals surface area contributed by atoms with Crippen molar-refractivity contribution >= 4 is 42.2 Å². The van der Waals surface area contributed by atoms with E-state index in [2.05, 4.69) is 20.4 Å². The standard InChI is InChI=1S/C20H28AsClN6O2/c1-27(2)9-5-8-18(29)25-15-6-4-7-16(10-15)30-19-17(22)12-23-20(26-19)21-14-11-24-28(3)13-14/h5,8,11-13,15-16,21H,4,6-7,9-10H2,1-3H3,(H,25,29)/b8-5+. The Labute approximate surface area is 188 Å². The molecule has 0 saturated heterocycles. The molecule has 2 heterocycles. The number of amides is 1. The Kier molecular flexibility index (Phi) is 8.31. The van der Waals surface area contributed by atoms with Crippen LogP contribution in [0.1, 0.15) is 25.7 Å². The molecule has 0 aromatic carbocycles. The van der Waals surface area contributed by atoms with Crippen molar-refractivity contribution in [3.8, 4) is 5.88 Å². The van der Waals surface area contributed by atoms with Gasteiger partial charge in [-0.15, -0.1) is 0 Å². The first-order chi connectivity index (χ1) is 14.4. The molecule has 1 amide bonds. The summed E-state index contributed by atoms with van der Waals surface area (Å²) in [5, 5.41) is 7.69. The van der Waals surface area contributed by atoms with Crippen molar-refractivity contribution in [1.29, 1.82) is 0 Å². The molecular weight excluding hydrogens is 467 g/mol. The summed E-state index contributed by atoms with van der Waals surface area (Å²) in [6.07, 6.45) is 12.4. The van der Waals surface area contributed by atoms with Gasteiger partial charge < -0.3 is 4.90 Å². The summed E-state index contributed by atoms with van der Waals surface area (Å²) in [4.78, 5) is 23.1. The fraction of sp³-hybridized carbons (Fsp3) is 0.500. The van der Waals surface area contributed by atoms with Gasteiger partial charge >= 0.3 is 170 Å². The van der Waals surface area contributed by atoms with Crippen LogP contribution in [0.3, 0.4) is 0 Å². The van der Waals surface area contributed by atoms with Gasteiger partial charge in [0.05, 0.1) is 0 Å². The van der Waals surface area contributed by atoms with Crippen LogP contribution in [0, 0.1) is 0 Å². The van der Waals surface area contributed by atoms with E-state index in [1.165, 1.54) is 0 Å². The van der Waals surface area contributed by atoms with Crippen molar-refractivity contribution in [1.82, 2.24) is 30.0 Å². The van der Waals surface area contributed by atoms with Crippen LogP contribution in [0.15, 0.2) is 30.7 Å². The van der Waals surface area contributed by atoms with Crippen molar-refractivity contribution in [2.45, 2.75) is 37.8 Å². The van der Waals surface area contributed by atoms with Crippen LogP contribution in [0.5, 0.6) is 5.88 Å². The van der Waals surface area contributed by atoms with Gasteiger partial charge in [0.2, 0.25) is 0 Å². The van der Waals surface area contributed by atoms with Crippen LogP contribution in [0.25, 0.3) is 0 Å². The van der Waals surface area contributed by atoms with E-state index >= 15 is 0 Å². The Hall–Kier alpha value is -1.89. The number of hydrogen-bond donors (Lipinski definition) is 1. The first-order valence-electron chi connectivity index (χ1n) is 9.95. The number of likely N-dealkylation sites (N-methyl/N-ethyl adjacent to an activating group) is 1. The molecule has 1 aliphatic carbocycles. The Morgan fingerprint density at radius 1 is 1.43 bits per heavy atom. The topological polar surface area (TPSA) is 85.2 Å². The van der Waals surface area contributed by atoms with Gasteiger partial charge in [-0.25, -0.2) is 0 Å². The summed E-state index contributed by atoms with van der Waals surface area (Å²) in [5.41, 5.74) is 0. The molecule has 30 heavy (non-hydrogen) atoms.